The van der Waals surface area contributed by atoms with Crippen LogP contribution >= 0.6 is 22.9 Å². The first-order valence-corrected chi connectivity index (χ1v) is 10.6. The fraction of sp³-hybridized carbons (Fsp3) is 0.611. The molecule has 146 valence electrons. The highest BCUT2D eigenvalue weighted by molar-refractivity contribution is 7.16. The van der Waals surface area contributed by atoms with E-state index >= 15 is 0 Å². The van der Waals surface area contributed by atoms with E-state index in [2.05, 4.69) is 31.7 Å². The van der Waals surface area contributed by atoms with Crippen molar-refractivity contribution in [1.82, 2.24) is 19.9 Å². The van der Waals surface area contributed by atoms with Gasteiger partial charge in [0.1, 0.15) is 11.0 Å². The van der Waals surface area contributed by atoms with Crippen molar-refractivity contribution in [3.8, 4) is 0 Å². The van der Waals surface area contributed by atoms with Crippen LogP contribution in [0, 0.1) is 0 Å². The number of nitrogens with zero attached hydrogens (tertiary/aromatic N) is 4. The van der Waals surface area contributed by atoms with Crippen molar-refractivity contribution in [2.24, 2.45) is 0 Å². The van der Waals surface area contributed by atoms with Gasteiger partial charge in [-0.3, -0.25) is 9.69 Å². The van der Waals surface area contributed by atoms with E-state index in [-0.39, 0.29) is 5.56 Å². The lowest BCUT2D eigenvalue weighted by Gasteiger charge is -2.27. The molecule has 0 saturated carbocycles. The molecule has 0 unspecified atom stereocenters. The number of thiazole rings is 1. The molecule has 9 heteroatoms. The van der Waals surface area contributed by atoms with E-state index in [1.54, 1.807) is 11.3 Å². The van der Waals surface area contributed by atoms with Gasteiger partial charge in [-0.05, 0) is 6.42 Å². The molecule has 0 amide bonds. The normalized spacial score (nSPS) is 17.9. The van der Waals surface area contributed by atoms with Gasteiger partial charge in [-0.25, -0.2) is 9.97 Å². The fourth-order valence-corrected chi connectivity index (χ4v) is 4.89. The summed E-state index contributed by atoms with van der Waals surface area (Å²) in [6.45, 7) is 7.42. The van der Waals surface area contributed by atoms with Crippen LogP contribution in [0.2, 0.25) is 5.15 Å². The average Bonchev–Trinajstić information content (AvgIpc) is 3.04. The maximum absolute atomic E-state index is 12.5. The molecule has 1 saturated heterocycles. The summed E-state index contributed by atoms with van der Waals surface area (Å²) >= 11 is 8.04. The minimum Gasteiger partial charge on any atom is -0.378 e. The summed E-state index contributed by atoms with van der Waals surface area (Å²) in [6.07, 6.45) is 2.58. The van der Waals surface area contributed by atoms with Crippen LogP contribution in [-0.2, 0) is 30.7 Å². The number of nitrogens with one attached hydrogen (secondary N) is 1. The number of rotatable bonds is 5. The first-order valence-electron chi connectivity index (χ1n) is 9.45. The number of H-pyrrole nitrogens is 1. The number of aromatic nitrogens is 3. The Kier molecular flexibility index (Phi) is 5.77. The van der Waals surface area contributed by atoms with Gasteiger partial charge in [-0.1, -0.05) is 29.9 Å². The van der Waals surface area contributed by atoms with Crippen molar-refractivity contribution >= 4 is 28.1 Å². The van der Waals surface area contributed by atoms with Crippen LogP contribution in [-0.4, -0.2) is 52.7 Å². The van der Waals surface area contributed by atoms with Crippen LogP contribution in [0.25, 0.3) is 0 Å². The molecule has 7 nitrogen and oxygen atoms in total. The number of aryl methyl sites for hydroxylation is 1. The summed E-state index contributed by atoms with van der Waals surface area (Å²) in [5.41, 5.74) is 1.73. The summed E-state index contributed by atoms with van der Waals surface area (Å²) < 4.78 is 5.40. The van der Waals surface area contributed by atoms with Crippen molar-refractivity contribution in [2.45, 2.75) is 39.3 Å². The number of morpholine rings is 1. The molecule has 1 fully saturated rings. The smallest absolute Gasteiger partial charge is 0.255 e. The third-order valence-electron chi connectivity index (χ3n) is 4.97. The summed E-state index contributed by atoms with van der Waals surface area (Å²) in [5.74, 6) is 0.801. The zero-order valence-electron chi connectivity index (χ0n) is 15.5. The molecule has 2 aliphatic rings. The second kappa shape index (κ2) is 8.26. The number of ether oxygens (including phenoxy) is 1. The Morgan fingerprint density at radius 3 is 2.85 bits per heavy atom. The van der Waals surface area contributed by atoms with E-state index < -0.39 is 0 Å². The second-order valence-electron chi connectivity index (χ2n) is 6.96. The van der Waals surface area contributed by atoms with Crippen molar-refractivity contribution in [3.63, 3.8) is 0 Å². The minimum absolute atomic E-state index is 0.00226. The molecule has 27 heavy (non-hydrogen) atoms. The van der Waals surface area contributed by atoms with E-state index in [1.807, 2.05) is 0 Å². The quantitative estimate of drug-likeness (QED) is 0.816. The Hall–Kier alpha value is -1.48. The molecule has 0 aromatic carbocycles. The Balaban J connectivity index is 1.47. The number of halogens is 1. The molecule has 2 aliphatic heterocycles. The summed E-state index contributed by atoms with van der Waals surface area (Å²) in [5, 5.41) is 1.53. The summed E-state index contributed by atoms with van der Waals surface area (Å²) in [6, 6.07) is 0. The molecule has 0 bridgehead atoms. The monoisotopic (exact) mass is 409 g/mol. The van der Waals surface area contributed by atoms with E-state index in [1.165, 1.54) is 0 Å². The van der Waals surface area contributed by atoms with Crippen LogP contribution in [0.15, 0.2) is 4.79 Å². The van der Waals surface area contributed by atoms with Gasteiger partial charge >= 0.3 is 0 Å². The van der Waals surface area contributed by atoms with Crippen LogP contribution < -0.4 is 10.5 Å². The Bertz CT molecular complexity index is 862. The fourth-order valence-electron chi connectivity index (χ4n) is 3.53. The van der Waals surface area contributed by atoms with Crippen LogP contribution in [0.3, 0.4) is 0 Å². The number of hydrogen-bond donors (Lipinski definition) is 1. The van der Waals surface area contributed by atoms with E-state index in [4.69, 9.17) is 16.3 Å². The summed E-state index contributed by atoms with van der Waals surface area (Å²) in [7, 11) is 0. The lowest BCUT2D eigenvalue weighted by molar-refractivity contribution is 0.122. The van der Waals surface area contributed by atoms with Gasteiger partial charge in [0.15, 0.2) is 5.13 Å². The van der Waals surface area contributed by atoms with E-state index in [0.29, 0.717) is 18.2 Å². The largest absolute Gasteiger partial charge is 0.378 e. The third kappa shape index (κ3) is 4.18. The first kappa shape index (κ1) is 18.9. The van der Waals surface area contributed by atoms with Gasteiger partial charge in [0.25, 0.3) is 5.56 Å². The lowest BCUT2D eigenvalue weighted by Crippen LogP contribution is -2.36. The number of hydrogen-bond acceptors (Lipinski definition) is 7. The maximum atomic E-state index is 12.5. The first-order chi connectivity index (χ1) is 13.1. The Morgan fingerprint density at radius 1 is 1.26 bits per heavy atom. The molecule has 0 radical (unpaired) electrons. The topological polar surface area (TPSA) is 74.4 Å². The van der Waals surface area contributed by atoms with Crippen LogP contribution in [0.1, 0.15) is 35.3 Å². The SMILES string of the molecule is CCCc1nc2c(c(=O)[nH]1)CN(Cc1sc(N3CCOCC3)nc1Cl)CC2. The highest BCUT2D eigenvalue weighted by Gasteiger charge is 2.24. The Morgan fingerprint density at radius 2 is 2.07 bits per heavy atom. The molecule has 0 atom stereocenters. The predicted octanol–water partition coefficient (Wildman–Crippen LogP) is 2.23. The number of anilines is 1. The molecule has 2 aromatic rings. The average molecular weight is 410 g/mol. The van der Waals surface area contributed by atoms with Crippen molar-refractivity contribution < 1.29 is 4.74 Å². The molecule has 1 N–H and O–H groups in total. The minimum atomic E-state index is -0.00226. The number of aromatic amines is 1. The van der Waals surface area contributed by atoms with Gasteiger partial charge in [-0.2, -0.15) is 0 Å². The molecular weight excluding hydrogens is 386 g/mol. The standard InChI is InChI=1S/C18H24ClN5O2S/c1-2-3-15-20-13-4-5-23(10-12(13)17(25)21-15)11-14-16(19)22-18(27-14)24-6-8-26-9-7-24/h2-11H2,1H3,(H,20,21,25). The Labute approximate surface area is 167 Å². The molecule has 0 spiro atoms. The molecule has 4 rings (SSSR count). The zero-order valence-corrected chi connectivity index (χ0v) is 17.0. The van der Waals surface area contributed by atoms with Gasteiger partial charge in [0, 0.05) is 45.6 Å². The predicted molar refractivity (Wildman–Crippen MR) is 107 cm³/mol. The summed E-state index contributed by atoms with van der Waals surface area (Å²) in [4.78, 5) is 30.1. The highest BCUT2D eigenvalue weighted by Crippen LogP contribution is 2.32. The van der Waals surface area contributed by atoms with E-state index in [0.717, 1.165) is 79.2 Å². The van der Waals surface area contributed by atoms with Gasteiger partial charge < -0.3 is 14.6 Å². The van der Waals surface area contributed by atoms with Crippen molar-refractivity contribution in [3.05, 3.63) is 37.5 Å². The number of fused-ring (bicyclic) bond motifs is 1. The zero-order chi connectivity index (χ0) is 18.8. The lowest BCUT2D eigenvalue weighted by atomic mass is 10.1. The molecule has 0 aliphatic carbocycles. The highest BCUT2D eigenvalue weighted by atomic mass is 35.5. The second-order valence-corrected chi connectivity index (χ2v) is 8.38. The van der Waals surface area contributed by atoms with Gasteiger partial charge in [-0.15, -0.1) is 0 Å². The van der Waals surface area contributed by atoms with Crippen LogP contribution in [0.4, 0.5) is 5.13 Å². The van der Waals surface area contributed by atoms with Crippen LogP contribution in [0.5, 0.6) is 0 Å². The molecular formula is C18H24ClN5O2S. The molecule has 4 heterocycles. The van der Waals surface area contributed by atoms with Crippen molar-refractivity contribution in [2.75, 3.05) is 37.7 Å². The van der Waals surface area contributed by atoms with Crippen molar-refractivity contribution in [1.29, 1.82) is 0 Å². The third-order valence-corrected chi connectivity index (χ3v) is 6.50. The maximum Gasteiger partial charge on any atom is 0.255 e. The van der Waals surface area contributed by atoms with Gasteiger partial charge in [0.05, 0.1) is 29.3 Å². The van der Waals surface area contributed by atoms with Gasteiger partial charge in [0.2, 0.25) is 0 Å². The van der Waals surface area contributed by atoms with E-state index in [9.17, 15) is 4.79 Å². The molecule has 2 aromatic heterocycles.